The zero-order valence-electron chi connectivity index (χ0n) is 10.9. The van der Waals surface area contributed by atoms with E-state index in [1.54, 1.807) is 19.2 Å². The number of nitrogens with one attached hydrogen (secondary N) is 1. The van der Waals surface area contributed by atoms with Crippen LogP contribution in [0.25, 0.3) is 0 Å². The molecule has 0 amide bonds. The molecule has 0 saturated heterocycles. The van der Waals surface area contributed by atoms with Crippen LogP contribution in [0.1, 0.15) is 19.4 Å². The topological polar surface area (TPSA) is 21.3 Å². The molecule has 2 nitrogen and oxygen atoms in total. The number of hydrogen-bond acceptors (Lipinski definition) is 2. The van der Waals surface area contributed by atoms with Crippen molar-refractivity contribution in [3.63, 3.8) is 0 Å². The van der Waals surface area contributed by atoms with Crippen LogP contribution in [0.3, 0.4) is 0 Å². The largest absolute Gasteiger partial charge is 0.384 e. The van der Waals surface area contributed by atoms with Crippen molar-refractivity contribution in [3.05, 3.63) is 35.6 Å². The van der Waals surface area contributed by atoms with Crippen LogP contribution in [-0.2, 0) is 11.2 Å². The highest BCUT2D eigenvalue weighted by atomic mass is 19.1. The van der Waals surface area contributed by atoms with Crippen molar-refractivity contribution in [2.45, 2.75) is 26.3 Å². The van der Waals surface area contributed by atoms with Crippen molar-refractivity contribution in [1.29, 1.82) is 0 Å². The van der Waals surface area contributed by atoms with Crippen LogP contribution in [0, 0.1) is 11.7 Å². The van der Waals surface area contributed by atoms with E-state index in [2.05, 4.69) is 19.2 Å². The zero-order valence-corrected chi connectivity index (χ0v) is 10.9. The lowest BCUT2D eigenvalue weighted by Crippen LogP contribution is -2.32. The van der Waals surface area contributed by atoms with Crippen LogP contribution in [-0.4, -0.2) is 26.3 Å². The van der Waals surface area contributed by atoms with E-state index < -0.39 is 0 Å². The van der Waals surface area contributed by atoms with Gasteiger partial charge in [0.1, 0.15) is 5.82 Å². The molecule has 0 aliphatic rings. The fraction of sp³-hybridized carbons (Fsp3) is 0.571. The third kappa shape index (κ3) is 5.80. The Hall–Kier alpha value is -0.930. The molecule has 96 valence electrons. The van der Waals surface area contributed by atoms with E-state index in [-0.39, 0.29) is 5.82 Å². The average Bonchev–Trinajstić information content (AvgIpc) is 2.26. The summed E-state index contributed by atoms with van der Waals surface area (Å²) < 4.78 is 18.3. The molecule has 1 aromatic rings. The molecule has 0 aliphatic heterocycles. The molecule has 0 radical (unpaired) electrons. The van der Waals surface area contributed by atoms with E-state index in [1.165, 1.54) is 6.07 Å². The Balaban J connectivity index is 2.53. The lowest BCUT2D eigenvalue weighted by molar-refractivity contribution is 0.149. The molecule has 1 aromatic carbocycles. The van der Waals surface area contributed by atoms with Gasteiger partial charge in [-0.3, -0.25) is 0 Å². The normalized spacial score (nSPS) is 13.0. The maximum absolute atomic E-state index is 13.1. The molecular formula is C14H22FNO. The minimum atomic E-state index is -0.171. The number of ether oxygens (including phenoxy) is 1. The summed E-state index contributed by atoms with van der Waals surface area (Å²) in [4.78, 5) is 0. The Bertz CT molecular complexity index is 328. The first-order chi connectivity index (χ1) is 8.11. The van der Waals surface area contributed by atoms with Crippen molar-refractivity contribution >= 4 is 0 Å². The second-order valence-electron chi connectivity index (χ2n) is 4.72. The van der Waals surface area contributed by atoms with Gasteiger partial charge in [-0.25, -0.2) is 4.39 Å². The van der Waals surface area contributed by atoms with Crippen molar-refractivity contribution < 1.29 is 9.13 Å². The lowest BCUT2D eigenvalue weighted by atomic mass is 9.99. The summed E-state index contributed by atoms with van der Waals surface area (Å²) in [5, 5.41) is 3.39. The van der Waals surface area contributed by atoms with Gasteiger partial charge in [-0.2, -0.15) is 0 Å². The minimum absolute atomic E-state index is 0.171. The molecule has 1 N–H and O–H groups in total. The molecule has 0 spiro atoms. The summed E-state index contributed by atoms with van der Waals surface area (Å²) in [6, 6.07) is 7.24. The predicted molar refractivity (Wildman–Crippen MR) is 68.6 cm³/mol. The number of rotatable bonds is 7. The number of hydrogen-bond donors (Lipinski definition) is 1. The van der Waals surface area contributed by atoms with Gasteiger partial charge in [0.15, 0.2) is 0 Å². The molecule has 0 aliphatic carbocycles. The highest BCUT2D eigenvalue weighted by Gasteiger charge is 2.10. The maximum Gasteiger partial charge on any atom is 0.123 e. The van der Waals surface area contributed by atoms with Gasteiger partial charge >= 0.3 is 0 Å². The Morgan fingerprint density at radius 3 is 2.71 bits per heavy atom. The molecule has 3 heteroatoms. The van der Waals surface area contributed by atoms with Crippen LogP contribution >= 0.6 is 0 Å². The smallest absolute Gasteiger partial charge is 0.123 e. The zero-order chi connectivity index (χ0) is 12.7. The van der Waals surface area contributed by atoms with Crippen molar-refractivity contribution in [2.24, 2.45) is 5.92 Å². The molecule has 17 heavy (non-hydrogen) atoms. The molecule has 0 bridgehead atoms. The number of methoxy groups -OCH3 is 1. The Kier molecular flexibility index (Phi) is 6.16. The van der Waals surface area contributed by atoms with Crippen molar-refractivity contribution in [3.8, 4) is 0 Å². The molecule has 1 atom stereocenters. The predicted octanol–water partition coefficient (Wildman–Crippen LogP) is 2.63. The average molecular weight is 239 g/mol. The van der Waals surface area contributed by atoms with Crippen LogP contribution < -0.4 is 5.32 Å². The number of halogens is 1. The van der Waals surface area contributed by atoms with Gasteiger partial charge in [0.25, 0.3) is 0 Å². The standard InChI is InChI=1S/C14H22FNO/c1-11(2)16-9-13(10-17-3)7-12-5-4-6-14(15)8-12/h4-6,8,11,13,16H,7,9-10H2,1-3H3. The van der Waals surface area contributed by atoms with E-state index in [1.807, 2.05) is 6.07 Å². The summed E-state index contributed by atoms with van der Waals surface area (Å²) in [5.74, 6) is 0.208. The molecule has 0 heterocycles. The summed E-state index contributed by atoms with van der Waals surface area (Å²) >= 11 is 0. The van der Waals surface area contributed by atoms with Gasteiger partial charge in [-0.15, -0.1) is 0 Å². The van der Waals surface area contributed by atoms with Crippen molar-refractivity contribution in [1.82, 2.24) is 5.32 Å². The molecular weight excluding hydrogens is 217 g/mol. The molecule has 1 rings (SSSR count). The molecule has 1 unspecified atom stereocenters. The van der Waals surface area contributed by atoms with Gasteiger partial charge < -0.3 is 10.1 Å². The highest BCUT2D eigenvalue weighted by Crippen LogP contribution is 2.10. The lowest BCUT2D eigenvalue weighted by Gasteiger charge is -2.18. The monoisotopic (exact) mass is 239 g/mol. The minimum Gasteiger partial charge on any atom is -0.384 e. The highest BCUT2D eigenvalue weighted by molar-refractivity contribution is 5.16. The summed E-state index contributed by atoms with van der Waals surface area (Å²) in [7, 11) is 1.70. The molecule has 0 saturated carbocycles. The van der Waals surface area contributed by atoms with Crippen LogP contribution in [0.5, 0.6) is 0 Å². The van der Waals surface area contributed by atoms with Crippen LogP contribution in [0.2, 0.25) is 0 Å². The van der Waals surface area contributed by atoms with Gasteiger partial charge in [-0.05, 0) is 30.0 Å². The Morgan fingerprint density at radius 2 is 2.12 bits per heavy atom. The third-order valence-electron chi connectivity index (χ3n) is 2.63. The first kappa shape index (κ1) is 14.1. The number of benzene rings is 1. The van der Waals surface area contributed by atoms with Gasteiger partial charge in [-0.1, -0.05) is 26.0 Å². The van der Waals surface area contributed by atoms with Crippen molar-refractivity contribution in [2.75, 3.05) is 20.3 Å². The van der Waals surface area contributed by atoms with Gasteiger partial charge in [0.05, 0.1) is 6.61 Å². The third-order valence-corrected chi connectivity index (χ3v) is 2.63. The van der Waals surface area contributed by atoms with Crippen LogP contribution in [0.4, 0.5) is 4.39 Å². The summed E-state index contributed by atoms with van der Waals surface area (Å²) in [5.41, 5.74) is 1.03. The fourth-order valence-electron chi connectivity index (χ4n) is 1.83. The van der Waals surface area contributed by atoms with E-state index in [0.29, 0.717) is 18.6 Å². The first-order valence-electron chi connectivity index (χ1n) is 6.08. The van der Waals surface area contributed by atoms with E-state index in [9.17, 15) is 4.39 Å². The van der Waals surface area contributed by atoms with Gasteiger partial charge in [0.2, 0.25) is 0 Å². The van der Waals surface area contributed by atoms with E-state index >= 15 is 0 Å². The Morgan fingerprint density at radius 1 is 1.35 bits per heavy atom. The fourth-order valence-corrected chi connectivity index (χ4v) is 1.83. The molecule has 0 aromatic heterocycles. The van der Waals surface area contributed by atoms with Gasteiger partial charge in [0, 0.05) is 19.7 Å². The second-order valence-corrected chi connectivity index (χ2v) is 4.72. The van der Waals surface area contributed by atoms with Crippen LogP contribution in [0.15, 0.2) is 24.3 Å². The Labute approximate surface area is 103 Å². The summed E-state index contributed by atoms with van der Waals surface area (Å²) in [6.45, 7) is 5.82. The maximum atomic E-state index is 13.1. The summed E-state index contributed by atoms with van der Waals surface area (Å²) in [6.07, 6.45) is 0.839. The SMILES string of the molecule is COCC(CNC(C)C)Cc1cccc(F)c1. The first-order valence-corrected chi connectivity index (χ1v) is 6.08. The second kappa shape index (κ2) is 7.41. The van der Waals surface area contributed by atoms with E-state index in [4.69, 9.17) is 4.74 Å². The molecule has 0 fully saturated rings. The van der Waals surface area contributed by atoms with E-state index in [0.717, 1.165) is 18.5 Å². The quantitative estimate of drug-likeness (QED) is 0.789.